The van der Waals surface area contributed by atoms with Gasteiger partial charge in [0.15, 0.2) is 5.65 Å². The van der Waals surface area contributed by atoms with Crippen molar-refractivity contribution in [3.8, 4) is 11.3 Å². The molecule has 1 fully saturated rings. The van der Waals surface area contributed by atoms with Gasteiger partial charge in [0.05, 0.1) is 17.0 Å². The standard InChI is InChI=1S/C29H32F3N9O/c1-39(2)13-3-4-14-40-15-5-6-22(17-40)41-27-24(26(33)35-18-36-27)25(38-41)19-7-9-20(10-8-19)28(42)37-23-16-21(11-12-34-23)29(30,31)32/h3-4,7-12,16,18,22H,5-6,13-15,17H2,1-2H3,(H2,33,35,36)(H,34,37,42)/b4-3+/t22-/m1/s1. The number of hydrogen-bond donors (Lipinski definition) is 2. The number of pyridine rings is 1. The first-order valence-electron chi connectivity index (χ1n) is 13.6. The highest BCUT2D eigenvalue weighted by molar-refractivity contribution is 6.04. The van der Waals surface area contributed by atoms with Crippen molar-refractivity contribution in [2.24, 2.45) is 0 Å². The Balaban J connectivity index is 1.37. The summed E-state index contributed by atoms with van der Waals surface area (Å²) in [6, 6.07) is 8.32. The highest BCUT2D eigenvalue weighted by atomic mass is 19.4. The van der Waals surface area contributed by atoms with Crippen LogP contribution in [0.1, 0.15) is 34.8 Å². The number of benzene rings is 1. The number of halogens is 3. The minimum atomic E-state index is -4.54. The molecule has 1 aromatic carbocycles. The molecule has 0 spiro atoms. The Morgan fingerprint density at radius 3 is 2.67 bits per heavy atom. The van der Waals surface area contributed by atoms with Gasteiger partial charge in [-0.2, -0.15) is 18.3 Å². The molecule has 1 atom stereocenters. The van der Waals surface area contributed by atoms with Gasteiger partial charge < -0.3 is 16.0 Å². The highest BCUT2D eigenvalue weighted by Crippen LogP contribution is 2.34. The summed E-state index contributed by atoms with van der Waals surface area (Å²) in [5, 5.41) is 7.99. The molecule has 0 bridgehead atoms. The van der Waals surface area contributed by atoms with Crippen molar-refractivity contribution >= 4 is 28.6 Å². The van der Waals surface area contributed by atoms with E-state index < -0.39 is 17.6 Å². The van der Waals surface area contributed by atoms with Crippen LogP contribution in [0.3, 0.4) is 0 Å². The largest absolute Gasteiger partial charge is 0.416 e. The van der Waals surface area contributed by atoms with Gasteiger partial charge in [-0.3, -0.25) is 9.69 Å². The molecule has 5 rings (SSSR count). The summed E-state index contributed by atoms with van der Waals surface area (Å²) in [4.78, 5) is 29.8. The Hall–Kier alpha value is -4.36. The lowest BCUT2D eigenvalue weighted by atomic mass is 10.1. The van der Waals surface area contributed by atoms with E-state index in [1.807, 2.05) is 18.8 Å². The molecule has 3 N–H and O–H groups in total. The molecule has 10 nitrogen and oxygen atoms in total. The van der Waals surface area contributed by atoms with Gasteiger partial charge >= 0.3 is 6.18 Å². The highest BCUT2D eigenvalue weighted by Gasteiger charge is 2.31. The van der Waals surface area contributed by atoms with Crippen LogP contribution in [0.4, 0.5) is 24.8 Å². The Bertz CT molecular complexity index is 1580. The molecule has 0 aliphatic carbocycles. The third kappa shape index (κ3) is 6.58. The van der Waals surface area contributed by atoms with Gasteiger partial charge in [0.2, 0.25) is 0 Å². The van der Waals surface area contributed by atoms with Gasteiger partial charge in [-0.05, 0) is 57.7 Å². The number of alkyl halides is 3. The topological polar surface area (TPSA) is 118 Å². The maximum atomic E-state index is 13.0. The molecule has 4 aromatic rings. The molecule has 3 aromatic heterocycles. The first kappa shape index (κ1) is 29.1. The molecular weight excluding hydrogens is 547 g/mol. The molecule has 0 radical (unpaired) electrons. The van der Waals surface area contributed by atoms with E-state index in [-0.39, 0.29) is 17.4 Å². The van der Waals surface area contributed by atoms with Crippen molar-refractivity contribution in [1.82, 2.24) is 34.5 Å². The fraction of sp³-hybridized carbons (Fsp3) is 0.345. The van der Waals surface area contributed by atoms with Gasteiger partial charge in [0.1, 0.15) is 23.7 Å². The van der Waals surface area contributed by atoms with Crippen LogP contribution in [0, 0.1) is 0 Å². The second-order valence-corrected chi connectivity index (χ2v) is 10.5. The first-order valence-corrected chi connectivity index (χ1v) is 13.6. The average Bonchev–Trinajstić information content (AvgIpc) is 3.36. The molecule has 42 heavy (non-hydrogen) atoms. The number of likely N-dealkylation sites (tertiary alicyclic amines) is 1. The van der Waals surface area contributed by atoms with Crippen LogP contribution >= 0.6 is 0 Å². The van der Waals surface area contributed by atoms with Gasteiger partial charge in [-0.15, -0.1) is 0 Å². The number of likely N-dealkylation sites (N-methyl/N-ethyl adjacent to an activating group) is 1. The zero-order chi connectivity index (χ0) is 29.9. The lowest BCUT2D eigenvalue weighted by Gasteiger charge is -2.32. The normalized spacial score (nSPS) is 16.5. The number of fused-ring (bicyclic) bond motifs is 1. The lowest BCUT2D eigenvalue weighted by Crippen LogP contribution is -2.37. The van der Waals surface area contributed by atoms with Crippen molar-refractivity contribution in [1.29, 1.82) is 0 Å². The molecule has 1 aliphatic rings. The van der Waals surface area contributed by atoms with Crippen LogP contribution in [0.2, 0.25) is 0 Å². The fourth-order valence-corrected chi connectivity index (χ4v) is 5.00. The number of anilines is 2. The predicted octanol–water partition coefficient (Wildman–Crippen LogP) is 4.50. The summed E-state index contributed by atoms with van der Waals surface area (Å²) in [7, 11) is 4.07. The van der Waals surface area contributed by atoms with E-state index in [0.717, 1.165) is 57.4 Å². The van der Waals surface area contributed by atoms with E-state index in [9.17, 15) is 18.0 Å². The minimum absolute atomic E-state index is 0.0940. The number of hydrogen-bond acceptors (Lipinski definition) is 8. The van der Waals surface area contributed by atoms with E-state index in [4.69, 9.17) is 10.8 Å². The predicted molar refractivity (Wildman–Crippen MR) is 155 cm³/mol. The van der Waals surface area contributed by atoms with Crippen molar-refractivity contribution in [2.75, 3.05) is 51.3 Å². The van der Waals surface area contributed by atoms with Crippen molar-refractivity contribution < 1.29 is 18.0 Å². The Labute approximate surface area is 241 Å². The van der Waals surface area contributed by atoms with Crippen molar-refractivity contribution in [3.05, 3.63) is 72.2 Å². The van der Waals surface area contributed by atoms with E-state index in [0.29, 0.717) is 28.1 Å². The minimum Gasteiger partial charge on any atom is -0.383 e. The first-order chi connectivity index (χ1) is 20.1. The van der Waals surface area contributed by atoms with E-state index >= 15 is 0 Å². The number of rotatable bonds is 8. The lowest BCUT2D eigenvalue weighted by molar-refractivity contribution is -0.137. The number of nitrogens with zero attached hydrogens (tertiary/aromatic N) is 7. The Morgan fingerprint density at radius 2 is 1.93 bits per heavy atom. The summed E-state index contributed by atoms with van der Waals surface area (Å²) < 4.78 is 41.0. The van der Waals surface area contributed by atoms with Crippen LogP contribution in [0.5, 0.6) is 0 Å². The molecule has 220 valence electrons. The molecule has 4 heterocycles. The fourth-order valence-electron chi connectivity index (χ4n) is 5.00. The number of aromatic nitrogens is 5. The van der Waals surface area contributed by atoms with E-state index in [1.54, 1.807) is 24.3 Å². The molecule has 0 unspecified atom stereocenters. The molecule has 1 aliphatic heterocycles. The molecule has 1 saturated heterocycles. The monoisotopic (exact) mass is 579 g/mol. The van der Waals surface area contributed by atoms with Gasteiger partial charge in [0.25, 0.3) is 5.91 Å². The van der Waals surface area contributed by atoms with Gasteiger partial charge in [-0.25, -0.2) is 19.6 Å². The summed E-state index contributed by atoms with van der Waals surface area (Å²) in [5.41, 5.74) is 7.59. The maximum Gasteiger partial charge on any atom is 0.416 e. The summed E-state index contributed by atoms with van der Waals surface area (Å²) in [6.07, 6.45) is 4.21. The summed E-state index contributed by atoms with van der Waals surface area (Å²) in [6.45, 7) is 3.57. The quantitative estimate of drug-likeness (QED) is 0.293. The summed E-state index contributed by atoms with van der Waals surface area (Å²) >= 11 is 0. The Kier molecular flexibility index (Phi) is 8.50. The van der Waals surface area contributed by atoms with Crippen molar-refractivity contribution in [2.45, 2.75) is 25.1 Å². The van der Waals surface area contributed by atoms with Crippen LogP contribution in [-0.2, 0) is 6.18 Å². The van der Waals surface area contributed by atoms with E-state index in [2.05, 4.69) is 42.2 Å². The number of carbonyl (C=O) groups excluding carboxylic acids is 1. The molecule has 1 amide bonds. The van der Waals surface area contributed by atoms with Crippen LogP contribution < -0.4 is 11.1 Å². The number of nitrogen functional groups attached to an aromatic ring is 1. The number of nitrogens with two attached hydrogens (primary N) is 1. The maximum absolute atomic E-state index is 13.0. The number of amides is 1. The molecular formula is C29H32F3N9O. The van der Waals surface area contributed by atoms with Crippen LogP contribution in [-0.4, -0.2) is 80.7 Å². The molecule has 0 saturated carbocycles. The SMILES string of the molecule is CN(C)C/C=C/CN1CCC[C@@H](n2nc(-c3ccc(C(=O)Nc4cc(C(F)(F)F)ccn4)cc3)c3c(N)ncnc32)C1. The third-order valence-corrected chi connectivity index (χ3v) is 7.09. The zero-order valence-corrected chi connectivity index (χ0v) is 23.3. The second kappa shape index (κ2) is 12.2. The zero-order valence-electron chi connectivity index (χ0n) is 23.3. The second-order valence-electron chi connectivity index (χ2n) is 10.5. The van der Waals surface area contributed by atoms with Gasteiger partial charge in [0, 0.05) is 37.0 Å². The van der Waals surface area contributed by atoms with Crippen LogP contribution in [0.25, 0.3) is 22.3 Å². The number of nitrogens with one attached hydrogen (secondary N) is 1. The smallest absolute Gasteiger partial charge is 0.383 e. The third-order valence-electron chi connectivity index (χ3n) is 7.09. The van der Waals surface area contributed by atoms with Gasteiger partial charge in [-0.1, -0.05) is 24.3 Å². The van der Waals surface area contributed by atoms with Crippen molar-refractivity contribution in [3.63, 3.8) is 0 Å². The van der Waals surface area contributed by atoms with Crippen LogP contribution in [0.15, 0.2) is 61.1 Å². The Morgan fingerprint density at radius 1 is 1.14 bits per heavy atom. The average molecular weight is 580 g/mol. The molecule has 13 heteroatoms. The van der Waals surface area contributed by atoms with E-state index in [1.165, 1.54) is 6.33 Å². The number of carbonyl (C=O) groups is 1. The number of piperidine rings is 1. The summed E-state index contributed by atoms with van der Waals surface area (Å²) in [5.74, 6) is -0.477.